The molecule has 1 amide bonds. The van der Waals surface area contributed by atoms with Crippen LogP contribution >= 0.6 is 0 Å². The largest absolute Gasteiger partial charge is 0.394 e. The van der Waals surface area contributed by atoms with Gasteiger partial charge in [0.05, 0.1) is 18.2 Å². The van der Waals surface area contributed by atoms with Crippen molar-refractivity contribution in [3.05, 3.63) is 0 Å². The van der Waals surface area contributed by atoms with E-state index in [2.05, 4.69) is 5.32 Å². The summed E-state index contributed by atoms with van der Waals surface area (Å²) < 4.78 is 0. The maximum absolute atomic E-state index is 12.4. The standard InChI is InChI=1S/C12H22N2O2/c1-12(6-2-3-7-13-12)11(16)14-8-4-5-10(14)9-15/h10,13,15H,2-9H2,1H3. The highest BCUT2D eigenvalue weighted by Gasteiger charge is 2.40. The summed E-state index contributed by atoms with van der Waals surface area (Å²) in [5.41, 5.74) is -0.393. The minimum atomic E-state index is -0.393. The Labute approximate surface area is 97.0 Å². The Morgan fingerprint density at radius 2 is 2.31 bits per heavy atom. The number of nitrogens with one attached hydrogen (secondary N) is 1. The normalized spacial score (nSPS) is 35.4. The van der Waals surface area contributed by atoms with Crippen LogP contribution in [-0.4, -0.2) is 47.2 Å². The highest BCUT2D eigenvalue weighted by atomic mass is 16.3. The molecule has 0 spiro atoms. The van der Waals surface area contributed by atoms with E-state index in [0.717, 1.165) is 45.2 Å². The average Bonchev–Trinajstić information content (AvgIpc) is 2.77. The van der Waals surface area contributed by atoms with E-state index in [1.807, 2.05) is 11.8 Å². The Morgan fingerprint density at radius 1 is 1.50 bits per heavy atom. The molecule has 2 aliphatic heterocycles. The van der Waals surface area contributed by atoms with Crippen molar-refractivity contribution >= 4 is 5.91 Å². The number of nitrogens with zero attached hydrogens (tertiary/aromatic N) is 1. The molecule has 0 aromatic carbocycles. The van der Waals surface area contributed by atoms with Crippen LogP contribution in [-0.2, 0) is 4.79 Å². The first kappa shape index (κ1) is 11.9. The number of carbonyl (C=O) groups is 1. The molecule has 2 atom stereocenters. The molecule has 2 unspecified atom stereocenters. The van der Waals surface area contributed by atoms with E-state index in [-0.39, 0.29) is 18.6 Å². The molecule has 4 nitrogen and oxygen atoms in total. The molecule has 0 aromatic rings. The van der Waals surface area contributed by atoms with Gasteiger partial charge in [-0.25, -0.2) is 0 Å². The Balaban J connectivity index is 2.05. The molecule has 16 heavy (non-hydrogen) atoms. The molecule has 4 heteroatoms. The van der Waals surface area contributed by atoms with Crippen LogP contribution in [0.25, 0.3) is 0 Å². The molecule has 2 rings (SSSR count). The Bertz CT molecular complexity index is 262. The summed E-state index contributed by atoms with van der Waals surface area (Å²) >= 11 is 0. The molecule has 0 bridgehead atoms. The van der Waals surface area contributed by atoms with Crippen molar-refractivity contribution in [3.63, 3.8) is 0 Å². The van der Waals surface area contributed by atoms with Crippen LogP contribution in [0.4, 0.5) is 0 Å². The van der Waals surface area contributed by atoms with Crippen LogP contribution in [0.3, 0.4) is 0 Å². The Kier molecular flexibility index (Phi) is 3.50. The zero-order chi connectivity index (χ0) is 11.6. The van der Waals surface area contributed by atoms with E-state index in [1.54, 1.807) is 0 Å². The van der Waals surface area contributed by atoms with Crippen molar-refractivity contribution in [1.29, 1.82) is 0 Å². The third-order valence-corrected chi connectivity index (χ3v) is 3.94. The number of hydrogen-bond acceptors (Lipinski definition) is 3. The summed E-state index contributed by atoms with van der Waals surface area (Å²) in [6.45, 7) is 3.84. The Hall–Kier alpha value is -0.610. The molecule has 2 heterocycles. The first-order valence-corrected chi connectivity index (χ1v) is 6.34. The second-order valence-electron chi connectivity index (χ2n) is 5.19. The molecule has 2 aliphatic rings. The zero-order valence-corrected chi connectivity index (χ0v) is 10.0. The molecule has 92 valence electrons. The van der Waals surface area contributed by atoms with Gasteiger partial charge in [-0.3, -0.25) is 4.79 Å². The number of rotatable bonds is 2. The van der Waals surface area contributed by atoms with Gasteiger partial charge >= 0.3 is 0 Å². The van der Waals surface area contributed by atoms with Crippen LogP contribution in [0, 0.1) is 0 Å². The van der Waals surface area contributed by atoms with E-state index < -0.39 is 5.54 Å². The summed E-state index contributed by atoms with van der Waals surface area (Å²) in [5, 5.41) is 12.6. The molecule has 0 aliphatic carbocycles. The topological polar surface area (TPSA) is 52.6 Å². The number of piperidine rings is 1. The third kappa shape index (κ3) is 2.09. The van der Waals surface area contributed by atoms with Gasteiger partial charge in [-0.1, -0.05) is 0 Å². The highest BCUT2D eigenvalue weighted by Crippen LogP contribution is 2.26. The van der Waals surface area contributed by atoms with Gasteiger partial charge in [0.15, 0.2) is 0 Å². The van der Waals surface area contributed by atoms with Crippen molar-refractivity contribution in [2.75, 3.05) is 19.7 Å². The quantitative estimate of drug-likeness (QED) is 0.721. The molecular formula is C12H22N2O2. The Morgan fingerprint density at radius 3 is 2.94 bits per heavy atom. The SMILES string of the molecule is CC1(C(=O)N2CCCC2CO)CCCCN1. The monoisotopic (exact) mass is 226 g/mol. The number of carbonyl (C=O) groups excluding carboxylic acids is 1. The lowest BCUT2D eigenvalue weighted by atomic mass is 9.89. The van der Waals surface area contributed by atoms with Gasteiger partial charge < -0.3 is 15.3 Å². The summed E-state index contributed by atoms with van der Waals surface area (Å²) in [6.07, 6.45) is 5.16. The fourth-order valence-corrected chi connectivity index (χ4v) is 2.85. The van der Waals surface area contributed by atoms with Gasteiger partial charge in [0, 0.05) is 6.54 Å². The first-order chi connectivity index (χ1) is 7.67. The van der Waals surface area contributed by atoms with E-state index in [9.17, 15) is 9.90 Å². The summed E-state index contributed by atoms with van der Waals surface area (Å²) in [7, 11) is 0. The predicted molar refractivity (Wildman–Crippen MR) is 62.1 cm³/mol. The molecule has 0 saturated carbocycles. The lowest BCUT2D eigenvalue weighted by molar-refractivity contribution is -0.140. The zero-order valence-electron chi connectivity index (χ0n) is 10.0. The fourth-order valence-electron chi connectivity index (χ4n) is 2.85. The van der Waals surface area contributed by atoms with E-state index >= 15 is 0 Å². The third-order valence-electron chi connectivity index (χ3n) is 3.94. The minimum absolute atomic E-state index is 0.0491. The molecule has 0 radical (unpaired) electrons. The summed E-state index contributed by atoms with van der Waals surface area (Å²) in [6, 6.07) is 0.0491. The number of likely N-dealkylation sites (tertiary alicyclic amines) is 1. The van der Waals surface area contributed by atoms with Gasteiger partial charge in [-0.05, 0) is 45.6 Å². The van der Waals surface area contributed by atoms with Crippen molar-refractivity contribution < 1.29 is 9.90 Å². The maximum atomic E-state index is 12.4. The van der Waals surface area contributed by atoms with Crippen molar-refractivity contribution in [2.24, 2.45) is 0 Å². The lowest BCUT2D eigenvalue weighted by Crippen LogP contribution is -2.59. The molecule has 0 aromatic heterocycles. The van der Waals surface area contributed by atoms with E-state index in [1.165, 1.54) is 0 Å². The second-order valence-corrected chi connectivity index (χ2v) is 5.19. The van der Waals surface area contributed by atoms with Gasteiger partial charge in [-0.2, -0.15) is 0 Å². The maximum Gasteiger partial charge on any atom is 0.242 e. The van der Waals surface area contributed by atoms with Gasteiger partial charge in [0.25, 0.3) is 0 Å². The van der Waals surface area contributed by atoms with Crippen LogP contribution in [0.2, 0.25) is 0 Å². The van der Waals surface area contributed by atoms with E-state index in [4.69, 9.17) is 0 Å². The second kappa shape index (κ2) is 4.72. The average molecular weight is 226 g/mol. The summed E-state index contributed by atoms with van der Waals surface area (Å²) in [5.74, 6) is 0.184. The number of hydrogen-bond donors (Lipinski definition) is 2. The number of aliphatic hydroxyl groups excluding tert-OH is 1. The van der Waals surface area contributed by atoms with Gasteiger partial charge in [0.2, 0.25) is 5.91 Å². The minimum Gasteiger partial charge on any atom is -0.394 e. The summed E-state index contributed by atoms with van der Waals surface area (Å²) in [4.78, 5) is 14.3. The van der Waals surface area contributed by atoms with Crippen molar-refractivity contribution in [2.45, 2.75) is 50.6 Å². The molecule has 2 N–H and O–H groups in total. The van der Waals surface area contributed by atoms with Crippen molar-refractivity contribution in [1.82, 2.24) is 10.2 Å². The predicted octanol–water partition coefficient (Wildman–Crippen LogP) is 0.502. The van der Waals surface area contributed by atoms with Crippen LogP contribution in [0.1, 0.15) is 39.0 Å². The van der Waals surface area contributed by atoms with Gasteiger partial charge in [0.1, 0.15) is 0 Å². The first-order valence-electron chi connectivity index (χ1n) is 6.34. The lowest BCUT2D eigenvalue weighted by Gasteiger charge is -2.38. The van der Waals surface area contributed by atoms with Crippen molar-refractivity contribution in [3.8, 4) is 0 Å². The van der Waals surface area contributed by atoms with Crippen LogP contribution in [0.5, 0.6) is 0 Å². The molecule has 2 fully saturated rings. The fraction of sp³-hybridized carbons (Fsp3) is 0.917. The highest BCUT2D eigenvalue weighted by molar-refractivity contribution is 5.86. The van der Waals surface area contributed by atoms with Crippen LogP contribution < -0.4 is 5.32 Å². The van der Waals surface area contributed by atoms with Crippen LogP contribution in [0.15, 0.2) is 0 Å². The number of amides is 1. The number of aliphatic hydroxyl groups is 1. The van der Waals surface area contributed by atoms with Gasteiger partial charge in [-0.15, -0.1) is 0 Å². The van der Waals surface area contributed by atoms with E-state index in [0.29, 0.717) is 0 Å². The molecule has 2 saturated heterocycles. The smallest absolute Gasteiger partial charge is 0.242 e. The molecular weight excluding hydrogens is 204 g/mol.